The number of rotatable bonds is 1. The van der Waals surface area contributed by atoms with Crippen molar-refractivity contribution in [3.05, 3.63) is 10.2 Å². The molecule has 0 unspecified atom stereocenters. The first-order valence-corrected chi connectivity index (χ1v) is 4.48. The molecule has 5 heteroatoms. The van der Waals surface area contributed by atoms with Crippen molar-refractivity contribution >= 4 is 28.4 Å². The number of hydrogen-bond donors (Lipinski definition) is 0. The van der Waals surface area contributed by atoms with E-state index in [0.717, 1.165) is 0 Å². The molecule has 0 aromatic heterocycles. The number of nitrogens with zero attached hydrogens (tertiary/aromatic N) is 2. The van der Waals surface area contributed by atoms with Gasteiger partial charge < -0.3 is 4.90 Å². The summed E-state index contributed by atoms with van der Waals surface area (Å²) in [7, 11) is 1.58. The first-order valence-electron chi connectivity index (χ1n) is 3.40. The van der Waals surface area contributed by atoms with Crippen LogP contribution in [0, 0.1) is 0 Å². The van der Waals surface area contributed by atoms with Crippen LogP contribution in [0.4, 0.5) is 8.78 Å². The summed E-state index contributed by atoms with van der Waals surface area (Å²) in [6, 6.07) is 0. The molecule has 1 rings (SSSR count). The molecular formula is C7H9F2IN2. The van der Waals surface area contributed by atoms with Gasteiger partial charge in [-0.15, -0.1) is 0 Å². The smallest absolute Gasteiger partial charge is 0.282 e. The fourth-order valence-corrected chi connectivity index (χ4v) is 1.68. The third kappa shape index (κ3) is 1.94. The first kappa shape index (κ1) is 9.88. The number of alkyl halides is 2. The van der Waals surface area contributed by atoms with Gasteiger partial charge in [-0.1, -0.05) is 6.58 Å². The van der Waals surface area contributed by atoms with Crippen molar-refractivity contribution in [1.29, 1.82) is 0 Å². The Bertz CT molecular complexity index is 230. The lowest BCUT2D eigenvalue weighted by Crippen LogP contribution is -2.58. The predicted octanol–water partition coefficient (Wildman–Crippen LogP) is 1.91. The van der Waals surface area contributed by atoms with Gasteiger partial charge in [0.15, 0.2) is 0 Å². The molecule has 0 aliphatic carbocycles. The molecule has 2 nitrogen and oxygen atoms in total. The molecule has 1 aliphatic rings. The zero-order chi connectivity index (χ0) is 9.35. The van der Waals surface area contributed by atoms with Crippen LogP contribution in [0.3, 0.4) is 0 Å². The third-order valence-electron chi connectivity index (χ3n) is 1.60. The van der Waals surface area contributed by atoms with Crippen LogP contribution in [0.15, 0.2) is 15.2 Å². The summed E-state index contributed by atoms with van der Waals surface area (Å²) in [5, 5.41) is 0. The molecule has 68 valence electrons. The summed E-state index contributed by atoms with van der Waals surface area (Å²) in [4.78, 5) is 5.40. The Morgan fingerprint density at radius 3 is 2.33 bits per heavy atom. The maximum atomic E-state index is 12.4. The van der Waals surface area contributed by atoms with E-state index in [9.17, 15) is 8.78 Å². The van der Waals surface area contributed by atoms with E-state index in [1.807, 2.05) is 22.6 Å². The standard InChI is InChI=1S/C7H9F2IN2/c1-5(10)6(11-2)12-3-7(8,9)4-12/h1,3-4H2,2H3/b11-6+. The van der Waals surface area contributed by atoms with Crippen LogP contribution >= 0.6 is 22.6 Å². The van der Waals surface area contributed by atoms with Gasteiger partial charge >= 0.3 is 0 Å². The topological polar surface area (TPSA) is 15.6 Å². The monoisotopic (exact) mass is 286 g/mol. The van der Waals surface area contributed by atoms with Crippen molar-refractivity contribution in [3.8, 4) is 0 Å². The maximum absolute atomic E-state index is 12.4. The minimum absolute atomic E-state index is 0.234. The molecule has 12 heavy (non-hydrogen) atoms. The summed E-state index contributed by atoms with van der Waals surface area (Å²) in [5.41, 5.74) is 0. The molecule has 1 saturated heterocycles. The Kier molecular flexibility index (Phi) is 2.70. The van der Waals surface area contributed by atoms with Gasteiger partial charge in [0.25, 0.3) is 5.92 Å². The Hall–Kier alpha value is -0.200. The fourth-order valence-electron chi connectivity index (χ4n) is 1.10. The van der Waals surface area contributed by atoms with Gasteiger partial charge in [0.2, 0.25) is 0 Å². The van der Waals surface area contributed by atoms with Crippen molar-refractivity contribution in [1.82, 2.24) is 4.90 Å². The van der Waals surface area contributed by atoms with Crippen LogP contribution in [-0.4, -0.2) is 36.8 Å². The zero-order valence-corrected chi connectivity index (χ0v) is 8.81. The first-order chi connectivity index (χ1) is 5.46. The minimum Gasteiger partial charge on any atom is -0.344 e. The summed E-state index contributed by atoms with van der Waals surface area (Å²) >= 11 is 1.98. The highest BCUT2D eigenvalue weighted by Crippen LogP contribution is 2.28. The maximum Gasteiger partial charge on any atom is 0.282 e. The van der Waals surface area contributed by atoms with Gasteiger partial charge in [-0.25, -0.2) is 8.78 Å². The largest absolute Gasteiger partial charge is 0.344 e. The Morgan fingerprint density at radius 1 is 1.58 bits per heavy atom. The number of hydrogen-bond acceptors (Lipinski definition) is 1. The van der Waals surface area contributed by atoms with Crippen molar-refractivity contribution < 1.29 is 8.78 Å². The van der Waals surface area contributed by atoms with Crippen molar-refractivity contribution in [2.75, 3.05) is 20.1 Å². The highest BCUT2D eigenvalue weighted by molar-refractivity contribution is 14.1. The minimum atomic E-state index is -2.54. The van der Waals surface area contributed by atoms with Crippen LogP contribution in [0.25, 0.3) is 0 Å². The quantitative estimate of drug-likeness (QED) is 0.408. The lowest BCUT2D eigenvalue weighted by atomic mass is 10.1. The lowest BCUT2D eigenvalue weighted by molar-refractivity contribution is -0.101. The number of halogens is 3. The van der Waals surface area contributed by atoms with Crippen molar-refractivity contribution in [3.63, 3.8) is 0 Å². The Morgan fingerprint density at radius 2 is 2.08 bits per heavy atom. The molecule has 1 fully saturated rings. The highest BCUT2D eigenvalue weighted by atomic mass is 127. The van der Waals surface area contributed by atoms with Crippen LogP contribution in [0.2, 0.25) is 0 Å². The number of amidine groups is 1. The SMILES string of the molecule is C=C(I)/C(=N\C)N1CC(F)(F)C1. The van der Waals surface area contributed by atoms with Crippen molar-refractivity contribution in [2.45, 2.75) is 5.92 Å². The molecule has 0 aromatic rings. The average Bonchev–Trinajstić information content (AvgIpc) is 1.84. The molecule has 0 spiro atoms. The van der Waals surface area contributed by atoms with E-state index in [2.05, 4.69) is 11.6 Å². The van der Waals surface area contributed by atoms with Crippen molar-refractivity contribution in [2.24, 2.45) is 4.99 Å². The molecule has 0 amide bonds. The molecule has 0 bridgehead atoms. The van der Waals surface area contributed by atoms with Gasteiger partial charge in [0.05, 0.1) is 13.1 Å². The van der Waals surface area contributed by atoms with E-state index >= 15 is 0 Å². The molecule has 0 aromatic carbocycles. The highest BCUT2D eigenvalue weighted by Gasteiger charge is 2.45. The third-order valence-corrected chi connectivity index (χ3v) is 2.08. The average molecular weight is 286 g/mol. The van der Waals surface area contributed by atoms with E-state index in [0.29, 0.717) is 9.42 Å². The second-order valence-electron chi connectivity index (χ2n) is 2.66. The van der Waals surface area contributed by atoms with E-state index < -0.39 is 5.92 Å². The van der Waals surface area contributed by atoms with E-state index in [1.54, 1.807) is 7.05 Å². The van der Waals surface area contributed by atoms with E-state index in [4.69, 9.17) is 0 Å². The normalized spacial score (nSPS) is 22.0. The van der Waals surface area contributed by atoms with Crippen LogP contribution < -0.4 is 0 Å². The fraction of sp³-hybridized carbons (Fsp3) is 0.571. The van der Waals surface area contributed by atoms with Gasteiger partial charge in [0, 0.05) is 10.6 Å². The number of likely N-dealkylation sites (tertiary alicyclic amines) is 1. The van der Waals surface area contributed by atoms with Crippen LogP contribution in [0.1, 0.15) is 0 Å². The molecule has 1 aliphatic heterocycles. The summed E-state index contributed by atoms with van der Waals surface area (Å²) in [6.07, 6.45) is 0. The molecule has 0 saturated carbocycles. The lowest BCUT2D eigenvalue weighted by Gasteiger charge is -2.40. The molecule has 0 atom stereocenters. The Balaban J connectivity index is 2.57. The van der Waals surface area contributed by atoms with E-state index in [1.165, 1.54) is 4.90 Å². The second kappa shape index (κ2) is 3.27. The number of aliphatic imine (C=N–C) groups is 1. The summed E-state index contributed by atoms with van der Waals surface area (Å²) in [6.45, 7) is 3.18. The van der Waals surface area contributed by atoms with Crippen LogP contribution in [-0.2, 0) is 0 Å². The van der Waals surface area contributed by atoms with E-state index in [-0.39, 0.29) is 13.1 Å². The Labute approximate surface area is 83.5 Å². The summed E-state index contributed by atoms with van der Waals surface area (Å²) in [5.74, 6) is -1.97. The zero-order valence-electron chi connectivity index (χ0n) is 6.65. The molecule has 0 N–H and O–H groups in total. The second-order valence-corrected chi connectivity index (χ2v) is 3.97. The summed E-state index contributed by atoms with van der Waals surface area (Å²) < 4.78 is 25.5. The van der Waals surface area contributed by atoms with Crippen LogP contribution in [0.5, 0.6) is 0 Å². The van der Waals surface area contributed by atoms with Gasteiger partial charge in [-0.2, -0.15) is 0 Å². The van der Waals surface area contributed by atoms with Gasteiger partial charge in [-0.05, 0) is 22.6 Å². The predicted molar refractivity (Wildman–Crippen MR) is 53.0 cm³/mol. The molecule has 1 heterocycles. The van der Waals surface area contributed by atoms with Gasteiger partial charge in [0.1, 0.15) is 5.84 Å². The van der Waals surface area contributed by atoms with Gasteiger partial charge in [-0.3, -0.25) is 4.99 Å². The molecule has 0 radical (unpaired) electrons. The molecular weight excluding hydrogens is 277 g/mol.